The predicted molar refractivity (Wildman–Crippen MR) is 147 cm³/mol. The first-order valence-corrected chi connectivity index (χ1v) is 12.7. The summed E-state index contributed by atoms with van der Waals surface area (Å²) in [6.45, 7) is 4.18. The lowest BCUT2D eigenvalue weighted by atomic mass is 10.1. The Hall–Kier alpha value is -3.18. The van der Waals surface area contributed by atoms with Gasteiger partial charge in [-0.15, -0.1) is 0 Å². The molecule has 4 aromatic rings. The number of rotatable bonds is 7. The third-order valence-electron chi connectivity index (χ3n) is 5.74. The van der Waals surface area contributed by atoms with E-state index in [-0.39, 0.29) is 28.1 Å². The zero-order valence-electron chi connectivity index (χ0n) is 19.5. The SMILES string of the molecule is CC[C@@H](C)c1nc2ccc(Br)cc2c(=O)n1N=Cc1cc(Cl)c(OCc2ccccc2C#N)c(Cl)c1. The van der Waals surface area contributed by atoms with Crippen LogP contribution < -0.4 is 10.3 Å². The van der Waals surface area contributed by atoms with Crippen molar-refractivity contribution in [1.29, 1.82) is 5.26 Å². The molecule has 4 rings (SSSR count). The lowest BCUT2D eigenvalue weighted by Gasteiger charge is -2.14. The Morgan fingerprint density at radius 3 is 2.61 bits per heavy atom. The van der Waals surface area contributed by atoms with Crippen molar-refractivity contribution in [2.75, 3.05) is 0 Å². The number of benzene rings is 3. The molecule has 0 N–H and O–H groups in total. The van der Waals surface area contributed by atoms with E-state index in [4.69, 9.17) is 32.9 Å². The van der Waals surface area contributed by atoms with Gasteiger partial charge >= 0.3 is 0 Å². The van der Waals surface area contributed by atoms with Crippen LogP contribution >= 0.6 is 39.1 Å². The first-order chi connectivity index (χ1) is 17.3. The zero-order valence-corrected chi connectivity index (χ0v) is 22.6. The van der Waals surface area contributed by atoms with Gasteiger partial charge in [0.2, 0.25) is 0 Å². The highest BCUT2D eigenvalue weighted by atomic mass is 79.9. The third-order valence-corrected chi connectivity index (χ3v) is 6.79. The molecule has 0 saturated heterocycles. The van der Waals surface area contributed by atoms with Crippen molar-refractivity contribution in [3.8, 4) is 11.8 Å². The minimum atomic E-state index is -0.263. The molecule has 0 saturated carbocycles. The molecular weight excluding hydrogens is 563 g/mol. The summed E-state index contributed by atoms with van der Waals surface area (Å²) in [7, 11) is 0. The quantitative estimate of drug-likeness (QED) is 0.214. The van der Waals surface area contributed by atoms with E-state index in [0.717, 1.165) is 16.5 Å². The Morgan fingerprint density at radius 2 is 1.92 bits per heavy atom. The summed E-state index contributed by atoms with van der Waals surface area (Å²) in [6.07, 6.45) is 2.31. The average Bonchev–Trinajstić information content (AvgIpc) is 2.87. The fraction of sp³-hybridized carbons (Fsp3) is 0.185. The summed E-state index contributed by atoms with van der Waals surface area (Å²) in [4.78, 5) is 18.0. The molecule has 182 valence electrons. The van der Waals surface area contributed by atoms with Crippen molar-refractivity contribution >= 4 is 56.2 Å². The number of nitrogens with zero attached hydrogens (tertiary/aromatic N) is 4. The smallest absolute Gasteiger partial charge is 0.282 e. The molecule has 36 heavy (non-hydrogen) atoms. The van der Waals surface area contributed by atoms with E-state index < -0.39 is 0 Å². The fourth-order valence-corrected chi connectivity index (χ4v) is 4.57. The molecule has 0 amide bonds. The van der Waals surface area contributed by atoms with Gasteiger partial charge in [-0.05, 0) is 48.4 Å². The molecule has 0 aliphatic carbocycles. The van der Waals surface area contributed by atoms with Gasteiger partial charge in [0.05, 0.1) is 38.8 Å². The Morgan fingerprint density at radius 1 is 1.19 bits per heavy atom. The van der Waals surface area contributed by atoms with Gasteiger partial charge in [-0.2, -0.15) is 15.0 Å². The van der Waals surface area contributed by atoms with Crippen LogP contribution in [0.15, 0.2) is 69.0 Å². The van der Waals surface area contributed by atoms with E-state index in [1.807, 2.05) is 38.1 Å². The summed E-state index contributed by atoms with van der Waals surface area (Å²) in [6, 6.07) is 18.0. The van der Waals surface area contributed by atoms with Gasteiger partial charge in [0, 0.05) is 16.0 Å². The molecule has 0 aliphatic heterocycles. The van der Waals surface area contributed by atoms with E-state index in [1.54, 1.807) is 30.3 Å². The minimum absolute atomic E-state index is 0.0159. The largest absolute Gasteiger partial charge is 0.486 e. The minimum Gasteiger partial charge on any atom is -0.486 e. The molecule has 0 unspecified atom stereocenters. The van der Waals surface area contributed by atoms with Crippen molar-refractivity contribution in [2.24, 2.45) is 5.10 Å². The molecule has 0 bridgehead atoms. The number of halogens is 3. The van der Waals surface area contributed by atoms with E-state index in [0.29, 0.717) is 33.6 Å². The predicted octanol–water partition coefficient (Wildman–Crippen LogP) is 7.31. The van der Waals surface area contributed by atoms with Crippen molar-refractivity contribution in [2.45, 2.75) is 32.8 Å². The third kappa shape index (κ3) is 5.46. The Bertz CT molecular complexity index is 1550. The lowest BCUT2D eigenvalue weighted by Crippen LogP contribution is -2.23. The monoisotopic (exact) mass is 582 g/mol. The van der Waals surface area contributed by atoms with E-state index in [9.17, 15) is 10.1 Å². The van der Waals surface area contributed by atoms with Gasteiger partial charge in [-0.1, -0.05) is 71.2 Å². The molecule has 0 radical (unpaired) electrons. The Kier molecular flexibility index (Phi) is 8.10. The summed E-state index contributed by atoms with van der Waals surface area (Å²) in [5, 5.41) is 14.8. The number of ether oxygens (including phenoxy) is 1. The molecule has 0 fully saturated rings. The van der Waals surface area contributed by atoms with Gasteiger partial charge in [0.1, 0.15) is 12.4 Å². The lowest BCUT2D eigenvalue weighted by molar-refractivity contribution is 0.306. The Balaban J connectivity index is 1.67. The second-order valence-electron chi connectivity index (χ2n) is 8.17. The highest BCUT2D eigenvalue weighted by Crippen LogP contribution is 2.34. The maximum absolute atomic E-state index is 13.3. The van der Waals surface area contributed by atoms with Crippen LogP contribution in [0.1, 0.15) is 48.7 Å². The molecule has 1 heterocycles. The van der Waals surface area contributed by atoms with Crippen LogP contribution in [0.2, 0.25) is 10.0 Å². The highest BCUT2D eigenvalue weighted by Gasteiger charge is 2.16. The normalized spacial score (nSPS) is 12.1. The average molecular weight is 584 g/mol. The summed E-state index contributed by atoms with van der Waals surface area (Å²) >= 11 is 16.3. The van der Waals surface area contributed by atoms with Crippen molar-refractivity contribution in [1.82, 2.24) is 9.66 Å². The van der Waals surface area contributed by atoms with Gasteiger partial charge < -0.3 is 4.74 Å². The van der Waals surface area contributed by atoms with Crippen LogP contribution in [-0.2, 0) is 6.61 Å². The number of fused-ring (bicyclic) bond motifs is 1. The van der Waals surface area contributed by atoms with Crippen LogP contribution in [0.4, 0.5) is 0 Å². The molecule has 0 spiro atoms. The molecule has 3 aromatic carbocycles. The van der Waals surface area contributed by atoms with E-state index in [1.165, 1.54) is 10.9 Å². The van der Waals surface area contributed by atoms with Crippen molar-refractivity contribution in [3.05, 3.63) is 102 Å². The number of hydrogen-bond donors (Lipinski definition) is 0. The van der Waals surface area contributed by atoms with Gasteiger partial charge in [-0.3, -0.25) is 4.79 Å². The summed E-state index contributed by atoms with van der Waals surface area (Å²) < 4.78 is 7.94. The number of hydrogen-bond acceptors (Lipinski definition) is 5. The Labute approximate surface area is 226 Å². The molecular formula is C27H21BrCl2N4O2. The molecule has 0 aliphatic rings. The topological polar surface area (TPSA) is 80.3 Å². The highest BCUT2D eigenvalue weighted by molar-refractivity contribution is 9.10. The summed E-state index contributed by atoms with van der Waals surface area (Å²) in [5.41, 5.74) is 2.19. The number of aromatic nitrogens is 2. The molecule has 9 heteroatoms. The van der Waals surface area contributed by atoms with Crippen LogP contribution in [0.5, 0.6) is 5.75 Å². The second kappa shape index (κ2) is 11.3. The van der Waals surface area contributed by atoms with Crippen molar-refractivity contribution in [3.63, 3.8) is 0 Å². The van der Waals surface area contributed by atoms with E-state index in [2.05, 4.69) is 27.1 Å². The summed E-state index contributed by atoms with van der Waals surface area (Å²) in [5.74, 6) is 0.891. The maximum atomic E-state index is 13.3. The number of nitriles is 1. The molecule has 1 atom stereocenters. The molecule has 6 nitrogen and oxygen atoms in total. The maximum Gasteiger partial charge on any atom is 0.282 e. The molecule has 1 aromatic heterocycles. The standard InChI is InChI=1S/C27H21BrCl2N4O2/c1-3-16(2)26-33-24-9-8-20(28)12-21(24)27(35)34(26)32-14-17-10-22(29)25(23(30)11-17)36-15-19-7-5-4-6-18(19)13-31/h4-12,14,16H,3,15H2,1-2H3/t16-/m1/s1. The van der Waals surface area contributed by atoms with Gasteiger partial charge in [0.15, 0.2) is 5.75 Å². The van der Waals surface area contributed by atoms with Gasteiger partial charge in [0.25, 0.3) is 5.56 Å². The van der Waals surface area contributed by atoms with Gasteiger partial charge in [-0.25, -0.2) is 4.98 Å². The van der Waals surface area contributed by atoms with Crippen molar-refractivity contribution < 1.29 is 4.74 Å². The first kappa shape index (κ1) is 25.9. The second-order valence-corrected chi connectivity index (χ2v) is 9.90. The van der Waals surface area contributed by atoms with E-state index >= 15 is 0 Å². The fourth-order valence-electron chi connectivity index (χ4n) is 3.60. The first-order valence-electron chi connectivity index (χ1n) is 11.2. The van der Waals surface area contributed by atoms with Crippen LogP contribution in [-0.4, -0.2) is 15.9 Å². The van der Waals surface area contributed by atoms with Crippen LogP contribution in [0.25, 0.3) is 10.9 Å². The van der Waals surface area contributed by atoms with Crippen LogP contribution in [0.3, 0.4) is 0 Å². The van der Waals surface area contributed by atoms with Crippen LogP contribution in [0, 0.1) is 11.3 Å². The zero-order chi connectivity index (χ0) is 25.8.